The highest BCUT2D eigenvalue weighted by atomic mass is 16.5. The Balaban J connectivity index is 1.84. The van der Waals surface area contributed by atoms with Crippen LogP contribution in [0.15, 0.2) is 42.6 Å². The van der Waals surface area contributed by atoms with E-state index in [4.69, 9.17) is 9.47 Å². The molecule has 1 amide bonds. The Morgan fingerprint density at radius 2 is 1.89 bits per heavy atom. The fourth-order valence-electron chi connectivity index (χ4n) is 2.50. The maximum Gasteiger partial charge on any atom is 0.319 e. The number of hydrogen-bond acceptors (Lipinski definition) is 6. The number of anilines is 1. The molecule has 0 atom stereocenters. The van der Waals surface area contributed by atoms with E-state index in [-0.39, 0.29) is 17.8 Å². The van der Waals surface area contributed by atoms with Crippen molar-refractivity contribution in [1.82, 2.24) is 19.7 Å². The van der Waals surface area contributed by atoms with Crippen LogP contribution in [0, 0.1) is 0 Å². The van der Waals surface area contributed by atoms with Gasteiger partial charge in [0.05, 0.1) is 25.1 Å². The number of nitrogens with one attached hydrogen (secondary N) is 1. The summed E-state index contributed by atoms with van der Waals surface area (Å²) >= 11 is 0. The van der Waals surface area contributed by atoms with Gasteiger partial charge in [-0.05, 0) is 19.9 Å². The van der Waals surface area contributed by atoms with E-state index in [1.54, 1.807) is 13.1 Å². The molecule has 0 aliphatic rings. The summed E-state index contributed by atoms with van der Waals surface area (Å²) in [7, 11) is 1.72. The quantitative estimate of drug-likeness (QED) is 0.690. The van der Waals surface area contributed by atoms with Gasteiger partial charge >= 0.3 is 6.01 Å². The molecule has 0 bridgehead atoms. The molecule has 3 aromatic rings. The number of ether oxygens (including phenoxy) is 2. The fraction of sp³-hybridized carbons (Fsp3) is 0.263. The second-order valence-corrected chi connectivity index (χ2v) is 5.60. The van der Waals surface area contributed by atoms with Crippen molar-refractivity contribution in [2.45, 2.75) is 13.8 Å². The lowest BCUT2D eigenvalue weighted by Crippen LogP contribution is -2.17. The average molecular weight is 367 g/mol. The number of benzene rings is 1. The summed E-state index contributed by atoms with van der Waals surface area (Å²) in [5.74, 6) is -0.0735. The zero-order chi connectivity index (χ0) is 19.2. The first kappa shape index (κ1) is 18.4. The second kappa shape index (κ2) is 8.31. The number of aryl methyl sites for hydroxylation is 1. The Kier molecular flexibility index (Phi) is 5.65. The number of hydrogen-bond donors (Lipinski definition) is 1. The van der Waals surface area contributed by atoms with Gasteiger partial charge in [0, 0.05) is 12.6 Å². The summed E-state index contributed by atoms with van der Waals surface area (Å²) in [6.07, 6.45) is 1.47. The van der Waals surface area contributed by atoms with Crippen molar-refractivity contribution in [2.24, 2.45) is 7.05 Å². The predicted octanol–water partition coefficient (Wildman–Crippen LogP) is 2.93. The van der Waals surface area contributed by atoms with Crippen LogP contribution in [0.5, 0.6) is 11.9 Å². The molecule has 0 radical (unpaired) electrons. The third-order valence-corrected chi connectivity index (χ3v) is 3.72. The number of rotatable bonds is 7. The Hall–Kier alpha value is -3.42. The van der Waals surface area contributed by atoms with Gasteiger partial charge in [0.2, 0.25) is 5.88 Å². The van der Waals surface area contributed by atoms with Gasteiger partial charge in [-0.25, -0.2) is 4.98 Å². The highest BCUT2D eigenvalue weighted by Gasteiger charge is 2.18. The van der Waals surface area contributed by atoms with Gasteiger partial charge in [0.25, 0.3) is 5.91 Å². The maximum absolute atomic E-state index is 12.7. The van der Waals surface area contributed by atoms with Gasteiger partial charge in [-0.15, -0.1) is 0 Å². The van der Waals surface area contributed by atoms with E-state index in [9.17, 15) is 4.79 Å². The van der Waals surface area contributed by atoms with Gasteiger partial charge in [-0.2, -0.15) is 10.1 Å². The molecule has 3 rings (SSSR count). The van der Waals surface area contributed by atoms with Crippen LogP contribution in [0.4, 0.5) is 5.69 Å². The van der Waals surface area contributed by atoms with Crippen LogP contribution >= 0.6 is 0 Å². The normalized spacial score (nSPS) is 10.5. The molecule has 0 aliphatic carbocycles. The number of amides is 1. The van der Waals surface area contributed by atoms with E-state index in [1.807, 2.05) is 44.2 Å². The van der Waals surface area contributed by atoms with Crippen molar-refractivity contribution in [3.05, 3.63) is 48.3 Å². The van der Waals surface area contributed by atoms with Gasteiger partial charge in [-0.1, -0.05) is 30.3 Å². The van der Waals surface area contributed by atoms with E-state index < -0.39 is 0 Å². The van der Waals surface area contributed by atoms with Crippen LogP contribution in [0.25, 0.3) is 11.3 Å². The molecule has 0 fully saturated rings. The van der Waals surface area contributed by atoms with Crippen LogP contribution in [0.3, 0.4) is 0 Å². The average Bonchev–Trinajstić information content (AvgIpc) is 3.07. The summed E-state index contributed by atoms with van der Waals surface area (Å²) in [5.41, 5.74) is 2.43. The summed E-state index contributed by atoms with van der Waals surface area (Å²) in [5, 5.41) is 7.20. The van der Waals surface area contributed by atoms with Gasteiger partial charge in [-0.3, -0.25) is 9.48 Å². The molecular weight excluding hydrogens is 346 g/mol. The third-order valence-electron chi connectivity index (χ3n) is 3.72. The van der Waals surface area contributed by atoms with Crippen molar-refractivity contribution >= 4 is 11.6 Å². The molecule has 8 heteroatoms. The third kappa shape index (κ3) is 4.22. The molecule has 0 spiro atoms. The minimum atomic E-state index is -0.333. The topological polar surface area (TPSA) is 91.2 Å². The van der Waals surface area contributed by atoms with E-state index in [0.717, 1.165) is 11.3 Å². The van der Waals surface area contributed by atoms with E-state index in [1.165, 1.54) is 10.9 Å². The van der Waals surface area contributed by atoms with Crippen molar-refractivity contribution in [3.8, 4) is 23.1 Å². The molecule has 0 saturated heterocycles. The van der Waals surface area contributed by atoms with Crippen LogP contribution in [0.2, 0.25) is 0 Å². The lowest BCUT2D eigenvalue weighted by atomic mass is 10.1. The zero-order valence-corrected chi connectivity index (χ0v) is 15.5. The first-order valence-corrected chi connectivity index (χ1v) is 8.65. The Morgan fingerprint density at radius 1 is 1.15 bits per heavy atom. The molecular formula is C19H21N5O3. The molecule has 140 valence electrons. The van der Waals surface area contributed by atoms with Crippen molar-refractivity contribution in [2.75, 3.05) is 18.5 Å². The molecule has 8 nitrogen and oxygen atoms in total. The predicted molar refractivity (Wildman–Crippen MR) is 101 cm³/mol. The lowest BCUT2D eigenvalue weighted by Gasteiger charge is -2.11. The van der Waals surface area contributed by atoms with E-state index >= 15 is 0 Å². The molecule has 1 aromatic carbocycles. The summed E-state index contributed by atoms with van der Waals surface area (Å²) in [6.45, 7) is 4.51. The SMILES string of the molecule is CCOc1ncc(NC(=O)c2cc(-c3ccccc3)nn2C)c(OCC)n1. The van der Waals surface area contributed by atoms with Crippen LogP contribution in [-0.4, -0.2) is 38.9 Å². The Morgan fingerprint density at radius 3 is 2.59 bits per heavy atom. The van der Waals surface area contributed by atoms with E-state index in [0.29, 0.717) is 24.6 Å². The first-order chi connectivity index (χ1) is 13.1. The molecule has 1 N–H and O–H groups in total. The lowest BCUT2D eigenvalue weighted by molar-refractivity contribution is 0.101. The largest absolute Gasteiger partial charge is 0.476 e. The second-order valence-electron chi connectivity index (χ2n) is 5.60. The standard InChI is InChI=1S/C19H21N5O3/c1-4-26-18-15(12-20-19(22-18)27-5-2)21-17(25)16-11-14(23-24(16)3)13-9-7-6-8-10-13/h6-12H,4-5H2,1-3H3,(H,21,25). The number of aromatic nitrogens is 4. The number of nitrogens with zero attached hydrogens (tertiary/aromatic N) is 4. The first-order valence-electron chi connectivity index (χ1n) is 8.65. The highest BCUT2D eigenvalue weighted by molar-refractivity contribution is 6.04. The Bertz CT molecular complexity index is 924. The minimum Gasteiger partial charge on any atom is -0.476 e. The van der Waals surface area contributed by atoms with Crippen LogP contribution in [-0.2, 0) is 7.05 Å². The smallest absolute Gasteiger partial charge is 0.319 e. The van der Waals surface area contributed by atoms with Gasteiger partial charge in [0.1, 0.15) is 11.4 Å². The maximum atomic E-state index is 12.7. The van der Waals surface area contributed by atoms with Gasteiger partial charge in [0.15, 0.2) is 0 Å². The molecule has 27 heavy (non-hydrogen) atoms. The van der Waals surface area contributed by atoms with Gasteiger partial charge < -0.3 is 14.8 Å². The van der Waals surface area contributed by atoms with Crippen molar-refractivity contribution < 1.29 is 14.3 Å². The monoisotopic (exact) mass is 367 g/mol. The van der Waals surface area contributed by atoms with Crippen molar-refractivity contribution in [3.63, 3.8) is 0 Å². The number of carbonyl (C=O) groups is 1. The van der Waals surface area contributed by atoms with E-state index in [2.05, 4.69) is 20.4 Å². The zero-order valence-electron chi connectivity index (χ0n) is 15.5. The van der Waals surface area contributed by atoms with Crippen LogP contribution in [0.1, 0.15) is 24.3 Å². The highest BCUT2D eigenvalue weighted by Crippen LogP contribution is 2.25. The fourth-order valence-corrected chi connectivity index (χ4v) is 2.50. The molecule has 0 saturated carbocycles. The number of carbonyl (C=O) groups excluding carboxylic acids is 1. The Labute approximate surface area is 157 Å². The summed E-state index contributed by atoms with van der Waals surface area (Å²) in [6, 6.07) is 11.6. The summed E-state index contributed by atoms with van der Waals surface area (Å²) < 4.78 is 12.3. The van der Waals surface area contributed by atoms with Crippen molar-refractivity contribution in [1.29, 1.82) is 0 Å². The van der Waals surface area contributed by atoms with Crippen LogP contribution < -0.4 is 14.8 Å². The molecule has 2 aromatic heterocycles. The minimum absolute atomic E-state index is 0.200. The molecule has 0 aliphatic heterocycles. The molecule has 0 unspecified atom stereocenters. The molecule has 2 heterocycles. The summed E-state index contributed by atoms with van der Waals surface area (Å²) in [4.78, 5) is 21.0.